The van der Waals surface area contributed by atoms with E-state index in [0.717, 1.165) is 16.3 Å². The summed E-state index contributed by atoms with van der Waals surface area (Å²) >= 11 is 0. The van der Waals surface area contributed by atoms with Gasteiger partial charge >= 0.3 is 5.97 Å². The van der Waals surface area contributed by atoms with Gasteiger partial charge < -0.3 is 14.8 Å². The second-order valence-electron chi connectivity index (χ2n) is 5.64. The normalized spacial score (nSPS) is 10.5. The zero-order valence-electron chi connectivity index (χ0n) is 13.5. The molecule has 1 heterocycles. The lowest BCUT2D eigenvalue weighted by atomic mass is 10.0. The van der Waals surface area contributed by atoms with Crippen molar-refractivity contribution in [1.29, 1.82) is 5.26 Å². The number of nitrogens with zero attached hydrogens (tertiary/aromatic N) is 2. The Hall–Kier alpha value is -3.33. The van der Waals surface area contributed by atoms with E-state index in [0.29, 0.717) is 31.2 Å². The number of hydrogen-bond donors (Lipinski definition) is 2. The highest BCUT2D eigenvalue weighted by atomic mass is 16.4. The number of carboxylic acids is 1. The lowest BCUT2D eigenvalue weighted by Crippen LogP contribution is -2.05. The van der Waals surface area contributed by atoms with Crippen LogP contribution in [-0.2, 0) is 11.2 Å². The minimum absolute atomic E-state index is 0.0614. The van der Waals surface area contributed by atoms with Crippen LogP contribution in [0.4, 0.5) is 5.88 Å². The second kappa shape index (κ2) is 7.49. The molecule has 3 rings (SSSR count). The van der Waals surface area contributed by atoms with Crippen molar-refractivity contribution in [3.8, 4) is 6.07 Å². The summed E-state index contributed by atoms with van der Waals surface area (Å²) in [6.45, 7) is 0.407. The zero-order chi connectivity index (χ0) is 17.6. The molecule has 1 aromatic heterocycles. The van der Waals surface area contributed by atoms with E-state index >= 15 is 0 Å². The molecule has 2 aromatic carbocycles. The number of benzene rings is 2. The number of carboxylic acid groups (broad SMARTS) is 1. The Kier molecular flexibility index (Phi) is 4.95. The third-order valence-electron chi connectivity index (χ3n) is 3.85. The van der Waals surface area contributed by atoms with Crippen LogP contribution in [0.3, 0.4) is 0 Å². The van der Waals surface area contributed by atoms with Gasteiger partial charge in [0.05, 0.1) is 6.42 Å². The molecule has 0 fully saturated rings. The number of rotatable bonds is 7. The summed E-state index contributed by atoms with van der Waals surface area (Å²) in [6, 6.07) is 16.1. The summed E-state index contributed by atoms with van der Waals surface area (Å²) in [6.07, 6.45) is 0.984. The molecular formula is C19H17N3O3. The van der Waals surface area contributed by atoms with E-state index in [-0.39, 0.29) is 12.1 Å². The Morgan fingerprint density at radius 3 is 2.84 bits per heavy atom. The van der Waals surface area contributed by atoms with Crippen LogP contribution < -0.4 is 5.32 Å². The molecule has 25 heavy (non-hydrogen) atoms. The van der Waals surface area contributed by atoms with E-state index in [1.165, 1.54) is 0 Å². The third kappa shape index (κ3) is 3.96. The minimum Gasteiger partial charge on any atom is -0.481 e. The van der Waals surface area contributed by atoms with Crippen LogP contribution in [0.15, 0.2) is 46.9 Å². The minimum atomic E-state index is -0.850. The summed E-state index contributed by atoms with van der Waals surface area (Å²) in [5, 5.41) is 23.1. The van der Waals surface area contributed by atoms with Gasteiger partial charge in [-0.25, -0.2) is 4.98 Å². The lowest BCUT2D eigenvalue weighted by molar-refractivity contribution is -0.137. The van der Waals surface area contributed by atoms with E-state index in [1.807, 2.05) is 48.5 Å². The third-order valence-corrected chi connectivity index (χ3v) is 3.85. The number of hydrogen-bond acceptors (Lipinski definition) is 5. The lowest BCUT2D eigenvalue weighted by Gasteiger charge is -2.04. The van der Waals surface area contributed by atoms with E-state index in [4.69, 9.17) is 9.52 Å². The first-order valence-electron chi connectivity index (χ1n) is 7.99. The van der Waals surface area contributed by atoms with Gasteiger partial charge in [0.15, 0.2) is 0 Å². The van der Waals surface area contributed by atoms with Crippen molar-refractivity contribution in [2.24, 2.45) is 0 Å². The molecule has 3 aromatic rings. The smallest absolute Gasteiger partial charge is 0.303 e. The Bertz CT molecular complexity index is 935. The number of aliphatic carboxylic acids is 1. The van der Waals surface area contributed by atoms with Crippen LogP contribution in [0, 0.1) is 11.3 Å². The van der Waals surface area contributed by atoms with Crippen LogP contribution >= 0.6 is 0 Å². The molecule has 2 N–H and O–H groups in total. The largest absolute Gasteiger partial charge is 0.481 e. The predicted molar refractivity (Wildman–Crippen MR) is 93.3 cm³/mol. The Labute approximate surface area is 144 Å². The van der Waals surface area contributed by atoms with Crippen LogP contribution in [0.2, 0.25) is 0 Å². The maximum Gasteiger partial charge on any atom is 0.303 e. The number of aromatic nitrogens is 1. The van der Waals surface area contributed by atoms with Crippen molar-refractivity contribution in [1.82, 2.24) is 4.98 Å². The Balaban J connectivity index is 1.77. The molecule has 126 valence electrons. The van der Waals surface area contributed by atoms with E-state index < -0.39 is 5.97 Å². The number of nitriles is 1. The topological polar surface area (TPSA) is 99.2 Å². The molecule has 0 amide bonds. The molecule has 0 radical (unpaired) electrons. The molecule has 0 saturated heterocycles. The van der Waals surface area contributed by atoms with Crippen LogP contribution in [0.25, 0.3) is 10.8 Å². The summed E-state index contributed by atoms with van der Waals surface area (Å²) in [5.74, 6) is -0.103. The monoisotopic (exact) mass is 335 g/mol. The van der Waals surface area contributed by atoms with Crippen molar-refractivity contribution in [3.63, 3.8) is 0 Å². The molecule has 0 unspecified atom stereocenters. The maximum atomic E-state index is 10.5. The first-order chi connectivity index (χ1) is 12.2. The van der Waals surface area contributed by atoms with Crippen LogP contribution in [0.5, 0.6) is 0 Å². The number of nitrogens with one attached hydrogen (secondary N) is 1. The molecule has 0 aliphatic rings. The predicted octanol–water partition coefficient (Wildman–Crippen LogP) is 3.57. The fourth-order valence-corrected chi connectivity index (χ4v) is 2.69. The summed E-state index contributed by atoms with van der Waals surface area (Å²) < 4.78 is 5.67. The van der Waals surface area contributed by atoms with E-state index in [9.17, 15) is 10.1 Å². The SMILES string of the molecule is N#Cc1nc(Cc2cccc3ccccc23)oc1NCCCC(=O)O. The van der Waals surface area contributed by atoms with Crippen LogP contribution in [-0.4, -0.2) is 22.6 Å². The first-order valence-corrected chi connectivity index (χ1v) is 7.99. The highest BCUT2D eigenvalue weighted by Crippen LogP contribution is 2.23. The van der Waals surface area contributed by atoms with Gasteiger partial charge in [0.1, 0.15) is 6.07 Å². The number of anilines is 1. The average Bonchev–Trinajstić information content (AvgIpc) is 3.01. The summed E-state index contributed by atoms with van der Waals surface area (Å²) in [4.78, 5) is 14.8. The van der Waals surface area contributed by atoms with Gasteiger partial charge in [0.2, 0.25) is 17.5 Å². The summed E-state index contributed by atoms with van der Waals surface area (Å²) in [7, 11) is 0. The second-order valence-corrected chi connectivity index (χ2v) is 5.64. The number of oxazole rings is 1. The standard InChI is InChI=1S/C19H17N3O3/c20-12-16-19(21-10-4-9-18(23)24)25-17(22-16)11-14-7-3-6-13-5-1-2-8-15(13)14/h1-3,5-8,21H,4,9-11H2,(H,23,24). The fraction of sp³-hybridized carbons (Fsp3) is 0.211. The van der Waals surface area contributed by atoms with Gasteiger partial charge in [-0.3, -0.25) is 4.79 Å². The Morgan fingerprint density at radius 1 is 1.24 bits per heavy atom. The Morgan fingerprint density at radius 2 is 2.04 bits per heavy atom. The van der Waals surface area contributed by atoms with Gasteiger partial charge in [-0.05, 0) is 22.8 Å². The fourth-order valence-electron chi connectivity index (χ4n) is 2.69. The highest BCUT2D eigenvalue weighted by Gasteiger charge is 2.14. The number of fused-ring (bicyclic) bond motifs is 1. The van der Waals surface area contributed by atoms with E-state index in [1.54, 1.807) is 0 Å². The van der Waals surface area contributed by atoms with Crippen molar-refractivity contribution in [2.75, 3.05) is 11.9 Å². The maximum absolute atomic E-state index is 10.5. The molecule has 0 bridgehead atoms. The molecule has 0 saturated carbocycles. The van der Waals surface area contributed by atoms with Gasteiger partial charge in [-0.1, -0.05) is 42.5 Å². The molecule has 0 aliphatic carbocycles. The quantitative estimate of drug-likeness (QED) is 0.640. The van der Waals surface area contributed by atoms with Crippen molar-refractivity contribution < 1.29 is 14.3 Å². The first kappa shape index (κ1) is 16.5. The molecular weight excluding hydrogens is 318 g/mol. The van der Waals surface area contributed by atoms with Crippen molar-refractivity contribution in [3.05, 3.63) is 59.6 Å². The van der Waals surface area contributed by atoms with Crippen molar-refractivity contribution >= 4 is 22.6 Å². The van der Waals surface area contributed by atoms with Gasteiger partial charge in [-0.15, -0.1) is 0 Å². The molecule has 0 aliphatic heterocycles. The van der Waals surface area contributed by atoms with Gasteiger partial charge in [0.25, 0.3) is 0 Å². The summed E-state index contributed by atoms with van der Waals surface area (Å²) in [5.41, 5.74) is 1.26. The highest BCUT2D eigenvalue weighted by molar-refractivity contribution is 5.85. The number of carbonyl (C=O) groups is 1. The van der Waals surface area contributed by atoms with Crippen LogP contribution in [0.1, 0.15) is 30.0 Å². The molecule has 0 spiro atoms. The molecule has 6 nitrogen and oxygen atoms in total. The van der Waals surface area contributed by atoms with Crippen molar-refractivity contribution in [2.45, 2.75) is 19.3 Å². The molecule has 6 heteroatoms. The molecule has 0 atom stereocenters. The van der Waals surface area contributed by atoms with E-state index in [2.05, 4.69) is 10.3 Å². The average molecular weight is 335 g/mol. The van der Waals surface area contributed by atoms with Gasteiger partial charge in [-0.2, -0.15) is 5.26 Å². The van der Waals surface area contributed by atoms with Gasteiger partial charge in [0, 0.05) is 13.0 Å². The zero-order valence-corrected chi connectivity index (χ0v) is 13.5.